The number of hydrogen-bond donors (Lipinski definition) is 1. The molecule has 1 aliphatic heterocycles. The van der Waals surface area contributed by atoms with Crippen molar-refractivity contribution in [2.45, 2.75) is 26.2 Å². The van der Waals surface area contributed by atoms with Crippen LogP contribution in [0.15, 0.2) is 21.2 Å². The molecule has 1 saturated heterocycles. The molecule has 140 valence electrons. The lowest BCUT2D eigenvalue weighted by Crippen LogP contribution is -2.43. The summed E-state index contributed by atoms with van der Waals surface area (Å²) in [5.74, 6) is 2.05. The Labute approximate surface area is 165 Å². The summed E-state index contributed by atoms with van der Waals surface area (Å²) >= 11 is 1.61. The van der Waals surface area contributed by atoms with Gasteiger partial charge in [0.2, 0.25) is 11.8 Å². The zero-order valence-electron chi connectivity index (χ0n) is 14.5. The molecule has 3 rings (SSSR count). The molecule has 1 atom stereocenters. The largest absolute Gasteiger partial charge is 0.441 e. The number of carbonyl (C=O) groups excluding carboxylic acids is 1. The highest BCUT2D eigenvalue weighted by atomic mass is 35.5. The van der Waals surface area contributed by atoms with Crippen LogP contribution < -0.4 is 5.32 Å². The Hall–Kier alpha value is -1.08. The van der Waals surface area contributed by atoms with Gasteiger partial charge in [0, 0.05) is 24.0 Å². The molecule has 1 unspecified atom stereocenters. The first-order chi connectivity index (χ1) is 11.2. The topological polar surface area (TPSA) is 58.4 Å². The van der Waals surface area contributed by atoms with Crippen molar-refractivity contribution < 1.29 is 9.21 Å². The van der Waals surface area contributed by atoms with E-state index in [1.807, 2.05) is 35.7 Å². The fourth-order valence-electron chi connectivity index (χ4n) is 3.10. The third kappa shape index (κ3) is 5.45. The lowest BCUT2D eigenvalue weighted by molar-refractivity contribution is -0.132. The minimum atomic E-state index is 0. The SMILES string of the molecule is CNCC1CCCN(C(=O)Cc2nc(-c3ccsc3)oc2C)C1.Cl.Cl. The molecule has 0 aromatic carbocycles. The predicted molar refractivity (Wildman–Crippen MR) is 106 cm³/mol. The number of halogens is 2. The standard InChI is InChI=1S/C17H23N3O2S.2ClH/c1-12-15(19-17(22-12)14-5-7-23-11-14)8-16(21)20-6-3-4-13(10-20)9-18-2;;/h5,7,11,13,18H,3-4,6,8-10H2,1-2H3;2*1H. The number of nitrogens with one attached hydrogen (secondary N) is 1. The number of hydrogen-bond acceptors (Lipinski definition) is 5. The van der Waals surface area contributed by atoms with E-state index in [1.54, 1.807) is 11.3 Å². The fraction of sp³-hybridized carbons (Fsp3) is 0.529. The number of oxazole rings is 1. The van der Waals surface area contributed by atoms with E-state index in [2.05, 4.69) is 10.3 Å². The number of nitrogens with zero attached hydrogens (tertiary/aromatic N) is 2. The molecule has 5 nitrogen and oxygen atoms in total. The van der Waals surface area contributed by atoms with Crippen LogP contribution in [0.2, 0.25) is 0 Å². The van der Waals surface area contributed by atoms with Crippen LogP contribution in [0.4, 0.5) is 0 Å². The summed E-state index contributed by atoms with van der Waals surface area (Å²) in [4.78, 5) is 19.1. The smallest absolute Gasteiger partial charge is 0.228 e. The molecule has 25 heavy (non-hydrogen) atoms. The van der Waals surface area contributed by atoms with E-state index in [0.29, 0.717) is 18.2 Å². The van der Waals surface area contributed by atoms with Crippen molar-refractivity contribution >= 4 is 42.1 Å². The summed E-state index contributed by atoms with van der Waals surface area (Å²) < 4.78 is 5.72. The minimum Gasteiger partial charge on any atom is -0.441 e. The maximum absolute atomic E-state index is 12.6. The molecule has 1 fully saturated rings. The first-order valence-electron chi connectivity index (χ1n) is 8.08. The average Bonchev–Trinajstić information content (AvgIpc) is 3.18. The van der Waals surface area contributed by atoms with Gasteiger partial charge in [-0.2, -0.15) is 11.3 Å². The number of amides is 1. The van der Waals surface area contributed by atoms with E-state index in [-0.39, 0.29) is 30.7 Å². The second kappa shape index (κ2) is 10.2. The van der Waals surface area contributed by atoms with Gasteiger partial charge in [0.05, 0.1) is 12.1 Å². The average molecular weight is 406 g/mol. The van der Waals surface area contributed by atoms with Gasteiger partial charge in [-0.15, -0.1) is 24.8 Å². The van der Waals surface area contributed by atoms with E-state index < -0.39 is 0 Å². The quantitative estimate of drug-likeness (QED) is 0.825. The van der Waals surface area contributed by atoms with E-state index in [1.165, 1.54) is 6.42 Å². The van der Waals surface area contributed by atoms with Gasteiger partial charge >= 0.3 is 0 Å². The first-order valence-corrected chi connectivity index (χ1v) is 9.03. The molecule has 1 amide bonds. The number of aryl methyl sites for hydroxylation is 1. The number of piperidine rings is 1. The number of likely N-dealkylation sites (tertiary alicyclic amines) is 1. The van der Waals surface area contributed by atoms with Gasteiger partial charge in [-0.25, -0.2) is 4.98 Å². The van der Waals surface area contributed by atoms with Gasteiger partial charge in [-0.1, -0.05) is 0 Å². The Morgan fingerprint density at radius 3 is 2.96 bits per heavy atom. The zero-order chi connectivity index (χ0) is 16.2. The van der Waals surface area contributed by atoms with E-state index >= 15 is 0 Å². The van der Waals surface area contributed by atoms with Gasteiger partial charge in [0.15, 0.2) is 0 Å². The lowest BCUT2D eigenvalue weighted by atomic mass is 9.97. The van der Waals surface area contributed by atoms with E-state index in [0.717, 1.165) is 43.1 Å². The van der Waals surface area contributed by atoms with Crippen LogP contribution >= 0.6 is 36.2 Å². The molecule has 0 aliphatic carbocycles. The Morgan fingerprint density at radius 2 is 2.28 bits per heavy atom. The van der Waals surface area contributed by atoms with Gasteiger partial charge in [-0.3, -0.25) is 4.79 Å². The number of rotatable bonds is 5. The van der Waals surface area contributed by atoms with Crippen LogP contribution in [0, 0.1) is 12.8 Å². The summed E-state index contributed by atoms with van der Waals surface area (Å²) in [6.07, 6.45) is 2.59. The zero-order valence-corrected chi connectivity index (χ0v) is 16.9. The molecule has 2 aromatic rings. The Bertz CT molecular complexity index is 659. The number of carbonyl (C=O) groups is 1. The maximum atomic E-state index is 12.6. The monoisotopic (exact) mass is 405 g/mol. The number of aromatic nitrogens is 1. The van der Waals surface area contributed by atoms with Crippen LogP contribution in [-0.4, -0.2) is 42.5 Å². The normalized spacial score (nSPS) is 16.9. The third-order valence-electron chi connectivity index (χ3n) is 4.34. The van der Waals surface area contributed by atoms with Crippen LogP contribution in [-0.2, 0) is 11.2 Å². The van der Waals surface area contributed by atoms with E-state index in [9.17, 15) is 4.79 Å². The van der Waals surface area contributed by atoms with Crippen LogP contribution in [0.25, 0.3) is 11.5 Å². The Morgan fingerprint density at radius 1 is 1.48 bits per heavy atom. The summed E-state index contributed by atoms with van der Waals surface area (Å²) in [6, 6.07) is 1.98. The molecule has 0 bridgehead atoms. The summed E-state index contributed by atoms with van der Waals surface area (Å²) in [5.41, 5.74) is 1.73. The molecule has 3 heterocycles. The van der Waals surface area contributed by atoms with Crippen molar-refractivity contribution in [3.8, 4) is 11.5 Å². The van der Waals surface area contributed by atoms with Gasteiger partial charge in [-0.05, 0) is 50.7 Å². The molecule has 8 heteroatoms. The molecule has 2 aromatic heterocycles. The highest BCUT2D eigenvalue weighted by Gasteiger charge is 2.25. The molecule has 1 N–H and O–H groups in total. The summed E-state index contributed by atoms with van der Waals surface area (Å²) in [7, 11) is 1.96. The third-order valence-corrected chi connectivity index (χ3v) is 5.03. The fourth-order valence-corrected chi connectivity index (χ4v) is 3.73. The van der Waals surface area contributed by atoms with Crippen LogP contribution in [0.5, 0.6) is 0 Å². The Balaban J connectivity index is 0.00000156. The summed E-state index contributed by atoms with van der Waals surface area (Å²) in [6.45, 7) is 4.54. The molecule has 0 saturated carbocycles. The molecule has 0 radical (unpaired) electrons. The van der Waals surface area contributed by atoms with Crippen molar-refractivity contribution in [1.82, 2.24) is 15.2 Å². The minimum absolute atomic E-state index is 0. The van der Waals surface area contributed by atoms with Crippen molar-refractivity contribution in [3.05, 3.63) is 28.3 Å². The Kier molecular flexibility index (Phi) is 8.93. The maximum Gasteiger partial charge on any atom is 0.228 e. The highest BCUT2D eigenvalue weighted by molar-refractivity contribution is 7.08. The first kappa shape index (κ1) is 22.0. The van der Waals surface area contributed by atoms with Gasteiger partial charge in [0.25, 0.3) is 0 Å². The summed E-state index contributed by atoms with van der Waals surface area (Å²) in [5, 5.41) is 7.21. The van der Waals surface area contributed by atoms with Crippen LogP contribution in [0.3, 0.4) is 0 Å². The molecular weight excluding hydrogens is 381 g/mol. The van der Waals surface area contributed by atoms with Crippen molar-refractivity contribution in [3.63, 3.8) is 0 Å². The molecular formula is C17H25Cl2N3O2S. The van der Waals surface area contributed by atoms with E-state index in [4.69, 9.17) is 4.42 Å². The second-order valence-electron chi connectivity index (χ2n) is 6.12. The molecule has 0 spiro atoms. The highest BCUT2D eigenvalue weighted by Crippen LogP contribution is 2.24. The van der Waals surface area contributed by atoms with Gasteiger partial charge < -0.3 is 14.6 Å². The van der Waals surface area contributed by atoms with Crippen molar-refractivity contribution in [1.29, 1.82) is 0 Å². The van der Waals surface area contributed by atoms with Gasteiger partial charge in [0.1, 0.15) is 5.76 Å². The van der Waals surface area contributed by atoms with Crippen molar-refractivity contribution in [2.75, 3.05) is 26.7 Å². The predicted octanol–water partition coefficient (Wildman–Crippen LogP) is 3.56. The molecule has 1 aliphatic rings. The van der Waals surface area contributed by atoms with Crippen molar-refractivity contribution in [2.24, 2.45) is 5.92 Å². The van der Waals surface area contributed by atoms with Crippen LogP contribution in [0.1, 0.15) is 24.3 Å². The lowest BCUT2D eigenvalue weighted by Gasteiger charge is -2.32. The number of thiophene rings is 1. The second-order valence-corrected chi connectivity index (χ2v) is 6.90.